The number of carbonyl (C=O) groups is 1. The molecule has 1 aliphatic heterocycles. The second-order valence-electron chi connectivity index (χ2n) is 6.93. The van der Waals surface area contributed by atoms with Crippen molar-refractivity contribution >= 4 is 5.97 Å². The maximum atomic E-state index is 12.3. The number of hydrogen-bond donors (Lipinski definition) is 0. The van der Waals surface area contributed by atoms with Gasteiger partial charge in [0.1, 0.15) is 6.04 Å². The molecule has 1 aromatic carbocycles. The summed E-state index contributed by atoms with van der Waals surface area (Å²) in [6.07, 6.45) is 5.65. The van der Waals surface area contributed by atoms with E-state index in [-0.39, 0.29) is 12.0 Å². The molecule has 25 heavy (non-hydrogen) atoms. The van der Waals surface area contributed by atoms with Gasteiger partial charge in [0, 0.05) is 11.6 Å². The molecular weight excluding hydrogens is 318 g/mol. The van der Waals surface area contributed by atoms with E-state index >= 15 is 0 Å². The Morgan fingerprint density at radius 1 is 1.24 bits per heavy atom. The molecule has 0 radical (unpaired) electrons. The Morgan fingerprint density at radius 3 is 2.84 bits per heavy atom. The Hall–Kier alpha value is -2.21. The van der Waals surface area contributed by atoms with E-state index in [1.165, 1.54) is 26.4 Å². The molecule has 1 aliphatic carbocycles. The molecule has 3 atom stereocenters. The third-order valence-corrected chi connectivity index (χ3v) is 5.50. The normalized spacial score (nSPS) is 26.4. The number of esters is 1. The highest BCUT2D eigenvalue weighted by molar-refractivity contribution is 5.76. The Kier molecular flexibility index (Phi) is 4.53. The van der Waals surface area contributed by atoms with Crippen molar-refractivity contribution in [2.45, 2.75) is 50.7 Å². The molecule has 2 fully saturated rings. The smallest absolute Gasteiger partial charge is 0.323 e. The number of benzene rings is 1. The number of methoxy groups -OCH3 is 1. The minimum absolute atomic E-state index is 0.155. The van der Waals surface area contributed by atoms with Crippen molar-refractivity contribution in [2.75, 3.05) is 7.11 Å². The number of ether oxygens (including phenoxy) is 1. The van der Waals surface area contributed by atoms with Gasteiger partial charge >= 0.3 is 5.97 Å². The van der Waals surface area contributed by atoms with Crippen LogP contribution in [-0.4, -0.2) is 40.3 Å². The summed E-state index contributed by atoms with van der Waals surface area (Å²) in [5.74, 6) is 1.48. The lowest BCUT2D eigenvalue weighted by molar-refractivity contribution is -0.146. The molecule has 6 heteroatoms. The van der Waals surface area contributed by atoms with Gasteiger partial charge in [-0.25, -0.2) is 0 Å². The van der Waals surface area contributed by atoms with Gasteiger partial charge in [-0.15, -0.1) is 10.2 Å². The first-order chi connectivity index (χ1) is 12.3. The summed E-state index contributed by atoms with van der Waals surface area (Å²) in [6.45, 7) is 0.501. The van der Waals surface area contributed by atoms with Gasteiger partial charge in [0.25, 0.3) is 0 Å². The molecule has 2 aliphatic rings. The van der Waals surface area contributed by atoms with Gasteiger partial charge in [-0.2, -0.15) is 0 Å². The van der Waals surface area contributed by atoms with E-state index in [1.54, 1.807) is 0 Å². The third kappa shape index (κ3) is 3.18. The zero-order chi connectivity index (χ0) is 17.2. The monoisotopic (exact) mass is 341 g/mol. The second kappa shape index (κ2) is 6.96. The standard InChI is InChI=1S/C19H23N3O3/c1-24-19(23)16-11-14-9-5-6-10-15(14)22(16)12-17-20-21-18(25-17)13-7-3-2-4-8-13/h2-4,7-8,14-16H,5-6,9-12H2,1H3/t14-,15+,16-/m0/s1. The number of fused-ring (bicyclic) bond motifs is 1. The summed E-state index contributed by atoms with van der Waals surface area (Å²) in [5, 5.41) is 8.37. The predicted molar refractivity (Wildman–Crippen MR) is 91.4 cm³/mol. The topological polar surface area (TPSA) is 68.5 Å². The highest BCUT2D eigenvalue weighted by Crippen LogP contribution is 2.40. The second-order valence-corrected chi connectivity index (χ2v) is 6.93. The van der Waals surface area contributed by atoms with Gasteiger partial charge < -0.3 is 9.15 Å². The maximum absolute atomic E-state index is 12.3. The Balaban J connectivity index is 1.55. The lowest BCUT2D eigenvalue weighted by atomic mass is 9.85. The molecule has 0 N–H and O–H groups in total. The highest BCUT2D eigenvalue weighted by atomic mass is 16.5. The third-order valence-electron chi connectivity index (χ3n) is 5.50. The Labute approximate surface area is 147 Å². The highest BCUT2D eigenvalue weighted by Gasteiger charge is 2.46. The van der Waals surface area contributed by atoms with Crippen LogP contribution in [0.5, 0.6) is 0 Å². The van der Waals surface area contributed by atoms with E-state index in [4.69, 9.17) is 9.15 Å². The summed E-state index contributed by atoms with van der Waals surface area (Å²) in [7, 11) is 1.46. The molecule has 0 bridgehead atoms. The van der Waals surface area contributed by atoms with E-state index in [0.29, 0.717) is 30.3 Å². The average molecular weight is 341 g/mol. The van der Waals surface area contributed by atoms with Crippen molar-refractivity contribution in [3.05, 3.63) is 36.2 Å². The molecule has 1 saturated heterocycles. The van der Waals surface area contributed by atoms with E-state index in [2.05, 4.69) is 15.1 Å². The fraction of sp³-hybridized carbons (Fsp3) is 0.526. The number of likely N-dealkylation sites (tertiary alicyclic amines) is 1. The summed E-state index contributed by atoms with van der Waals surface area (Å²) in [4.78, 5) is 14.5. The molecule has 0 unspecified atom stereocenters. The summed E-state index contributed by atoms with van der Waals surface area (Å²) < 4.78 is 10.9. The molecule has 132 valence electrons. The first kappa shape index (κ1) is 16.3. The van der Waals surface area contributed by atoms with Gasteiger partial charge in [0.05, 0.1) is 13.7 Å². The van der Waals surface area contributed by atoms with Gasteiger partial charge in [-0.05, 0) is 37.3 Å². The minimum atomic E-state index is -0.204. The van der Waals surface area contributed by atoms with E-state index < -0.39 is 0 Å². The van der Waals surface area contributed by atoms with Crippen LogP contribution in [0.15, 0.2) is 34.7 Å². The van der Waals surface area contributed by atoms with E-state index in [9.17, 15) is 4.79 Å². The van der Waals surface area contributed by atoms with Crippen molar-refractivity contribution in [2.24, 2.45) is 5.92 Å². The van der Waals surface area contributed by atoms with Crippen LogP contribution in [0.2, 0.25) is 0 Å². The fourth-order valence-corrected chi connectivity index (χ4v) is 4.32. The van der Waals surface area contributed by atoms with Gasteiger partial charge in [0.15, 0.2) is 0 Å². The van der Waals surface area contributed by atoms with Crippen molar-refractivity contribution < 1.29 is 13.9 Å². The Bertz CT molecular complexity index is 731. The summed E-state index contributed by atoms with van der Waals surface area (Å²) >= 11 is 0. The first-order valence-corrected chi connectivity index (χ1v) is 8.97. The van der Waals surface area contributed by atoms with Crippen molar-refractivity contribution in [1.82, 2.24) is 15.1 Å². The lowest BCUT2D eigenvalue weighted by Gasteiger charge is -2.32. The van der Waals surface area contributed by atoms with Crippen LogP contribution in [0.25, 0.3) is 11.5 Å². The van der Waals surface area contributed by atoms with Crippen LogP contribution in [0.3, 0.4) is 0 Å². The van der Waals surface area contributed by atoms with Gasteiger partial charge in [-0.1, -0.05) is 31.0 Å². The minimum Gasteiger partial charge on any atom is -0.468 e. The fourth-order valence-electron chi connectivity index (χ4n) is 4.32. The van der Waals surface area contributed by atoms with Crippen molar-refractivity contribution in [1.29, 1.82) is 0 Å². The Morgan fingerprint density at radius 2 is 2.04 bits per heavy atom. The van der Waals surface area contributed by atoms with Crippen LogP contribution < -0.4 is 0 Å². The van der Waals surface area contributed by atoms with E-state index in [0.717, 1.165) is 18.4 Å². The number of carbonyl (C=O) groups excluding carboxylic acids is 1. The molecule has 2 aromatic rings. The first-order valence-electron chi connectivity index (χ1n) is 8.97. The molecule has 0 amide bonds. The predicted octanol–water partition coefficient (Wildman–Crippen LogP) is 3.04. The summed E-state index contributed by atoms with van der Waals surface area (Å²) in [6, 6.07) is 9.94. The molecular formula is C19H23N3O3. The van der Waals surface area contributed by atoms with Gasteiger partial charge in [0.2, 0.25) is 11.8 Å². The quantitative estimate of drug-likeness (QED) is 0.796. The molecule has 1 aromatic heterocycles. The van der Waals surface area contributed by atoms with Crippen LogP contribution in [0, 0.1) is 5.92 Å². The zero-order valence-corrected chi connectivity index (χ0v) is 14.4. The maximum Gasteiger partial charge on any atom is 0.323 e. The van der Waals surface area contributed by atoms with Crippen molar-refractivity contribution in [3.8, 4) is 11.5 Å². The molecule has 1 saturated carbocycles. The molecule has 2 heterocycles. The number of hydrogen-bond acceptors (Lipinski definition) is 6. The molecule has 6 nitrogen and oxygen atoms in total. The van der Waals surface area contributed by atoms with Crippen LogP contribution in [-0.2, 0) is 16.1 Å². The van der Waals surface area contributed by atoms with Crippen LogP contribution in [0.4, 0.5) is 0 Å². The average Bonchev–Trinajstić information content (AvgIpc) is 3.27. The zero-order valence-electron chi connectivity index (χ0n) is 14.4. The molecule has 4 rings (SSSR count). The van der Waals surface area contributed by atoms with Crippen LogP contribution >= 0.6 is 0 Å². The van der Waals surface area contributed by atoms with Crippen LogP contribution in [0.1, 0.15) is 38.0 Å². The number of rotatable bonds is 4. The van der Waals surface area contributed by atoms with E-state index in [1.807, 2.05) is 30.3 Å². The largest absolute Gasteiger partial charge is 0.468 e. The van der Waals surface area contributed by atoms with Crippen molar-refractivity contribution in [3.63, 3.8) is 0 Å². The number of nitrogens with zero attached hydrogens (tertiary/aromatic N) is 3. The molecule has 0 spiro atoms. The summed E-state index contributed by atoms with van der Waals surface area (Å²) in [5.41, 5.74) is 0.905. The lowest BCUT2D eigenvalue weighted by Crippen LogP contribution is -2.42. The number of aromatic nitrogens is 2. The SMILES string of the molecule is COC(=O)[C@@H]1C[C@@H]2CCCC[C@H]2N1Cc1nnc(-c2ccccc2)o1. The van der Waals surface area contributed by atoms with Gasteiger partial charge in [-0.3, -0.25) is 9.69 Å².